The molecule has 0 bridgehead atoms. The topological polar surface area (TPSA) is 34.2 Å². The van der Waals surface area contributed by atoms with E-state index in [1.165, 1.54) is 10.8 Å². The van der Waals surface area contributed by atoms with Gasteiger partial charge in [0, 0.05) is 35.4 Å². The highest BCUT2D eigenvalue weighted by atomic mass is 32.2. The smallest absolute Gasteiger partial charge is 0.150 e. The van der Waals surface area contributed by atoms with E-state index in [1.54, 1.807) is 11.3 Å². The number of thiazole rings is 1. The first-order valence-corrected chi connectivity index (χ1v) is 8.02. The SMILES string of the molecule is CCNC(CSc1nc(C)cs1)C1CCOC1. The number of hydrogen-bond donors (Lipinski definition) is 1. The molecule has 2 atom stereocenters. The van der Waals surface area contributed by atoms with Gasteiger partial charge in [0.2, 0.25) is 0 Å². The highest BCUT2D eigenvalue weighted by molar-refractivity contribution is 8.01. The van der Waals surface area contributed by atoms with E-state index in [9.17, 15) is 0 Å². The fourth-order valence-corrected chi connectivity index (χ4v) is 4.12. The molecule has 0 amide bonds. The maximum absolute atomic E-state index is 5.48. The molecule has 2 unspecified atom stereocenters. The van der Waals surface area contributed by atoms with Crippen LogP contribution in [0.5, 0.6) is 0 Å². The van der Waals surface area contributed by atoms with Crippen molar-refractivity contribution in [1.82, 2.24) is 10.3 Å². The second-order valence-corrected chi connectivity index (χ2v) is 6.48. The Morgan fingerprint density at radius 2 is 2.59 bits per heavy atom. The Hall–Kier alpha value is -0.100. The van der Waals surface area contributed by atoms with Gasteiger partial charge in [-0.05, 0) is 19.9 Å². The van der Waals surface area contributed by atoms with E-state index in [4.69, 9.17) is 4.74 Å². The molecule has 1 fully saturated rings. The predicted octanol–water partition coefficient (Wildman–Crippen LogP) is 2.56. The zero-order chi connectivity index (χ0) is 12.1. The Balaban J connectivity index is 1.84. The van der Waals surface area contributed by atoms with Crippen LogP contribution in [0, 0.1) is 12.8 Å². The van der Waals surface area contributed by atoms with Crippen molar-refractivity contribution in [3.63, 3.8) is 0 Å². The van der Waals surface area contributed by atoms with E-state index in [0.29, 0.717) is 12.0 Å². The summed E-state index contributed by atoms with van der Waals surface area (Å²) in [6.07, 6.45) is 1.19. The van der Waals surface area contributed by atoms with Gasteiger partial charge in [-0.3, -0.25) is 0 Å². The minimum atomic E-state index is 0.553. The summed E-state index contributed by atoms with van der Waals surface area (Å²) in [5.41, 5.74) is 1.13. The molecule has 1 N–H and O–H groups in total. The van der Waals surface area contributed by atoms with Crippen molar-refractivity contribution in [2.24, 2.45) is 5.92 Å². The molecule has 1 aromatic heterocycles. The Kier molecular flexibility index (Phi) is 5.28. The van der Waals surface area contributed by atoms with Crippen LogP contribution in [0.4, 0.5) is 0 Å². The molecule has 5 heteroatoms. The summed E-state index contributed by atoms with van der Waals surface area (Å²) in [6.45, 7) is 7.08. The van der Waals surface area contributed by atoms with Gasteiger partial charge in [0.05, 0.1) is 6.61 Å². The maximum Gasteiger partial charge on any atom is 0.150 e. The number of ether oxygens (including phenoxy) is 1. The maximum atomic E-state index is 5.48. The van der Waals surface area contributed by atoms with E-state index in [2.05, 4.69) is 22.6 Å². The quantitative estimate of drug-likeness (QED) is 0.807. The third-order valence-electron chi connectivity index (χ3n) is 2.98. The summed E-state index contributed by atoms with van der Waals surface area (Å²) >= 11 is 3.61. The van der Waals surface area contributed by atoms with Gasteiger partial charge in [-0.25, -0.2) is 4.98 Å². The number of rotatable bonds is 6. The van der Waals surface area contributed by atoms with Crippen LogP contribution in [0.1, 0.15) is 19.0 Å². The number of hydrogen-bond acceptors (Lipinski definition) is 5. The number of aromatic nitrogens is 1. The molecule has 3 nitrogen and oxygen atoms in total. The standard InChI is InChI=1S/C12H20N2OS2/c1-3-13-11(10-4-5-15-6-10)8-17-12-14-9(2)7-16-12/h7,10-11,13H,3-6,8H2,1-2H3. The van der Waals surface area contributed by atoms with Crippen molar-refractivity contribution in [1.29, 1.82) is 0 Å². The zero-order valence-corrected chi connectivity index (χ0v) is 12.1. The number of thioether (sulfide) groups is 1. The second kappa shape index (κ2) is 6.73. The Morgan fingerprint density at radius 1 is 1.71 bits per heavy atom. The summed E-state index contributed by atoms with van der Waals surface area (Å²) in [7, 11) is 0. The van der Waals surface area contributed by atoms with Crippen molar-refractivity contribution in [3.05, 3.63) is 11.1 Å². The average molecular weight is 272 g/mol. The minimum absolute atomic E-state index is 0.553. The summed E-state index contributed by atoms with van der Waals surface area (Å²) < 4.78 is 6.66. The molecule has 1 aromatic rings. The third kappa shape index (κ3) is 3.95. The normalized spacial score (nSPS) is 21.9. The van der Waals surface area contributed by atoms with Crippen LogP contribution in [0.2, 0.25) is 0 Å². The van der Waals surface area contributed by atoms with Crippen molar-refractivity contribution in [2.45, 2.75) is 30.6 Å². The molecule has 1 saturated heterocycles. The van der Waals surface area contributed by atoms with Crippen LogP contribution in [0.3, 0.4) is 0 Å². The van der Waals surface area contributed by atoms with Crippen molar-refractivity contribution < 1.29 is 4.74 Å². The fourth-order valence-electron chi connectivity index (χ4n) is 2.05. The molecule has 17 heavy (non-hydrogen) atoms. The fraction of sp³-hybridized carbons (Fsp3) is 0.750. The molecular weight excluding hydrogens is 252 g/mol. The first kappa shape index (κ1) is 13.3. The van der Waals surface area contributed by atoms with Crippen LogP contribution < -0.4 is 5.32 Å². The van der Waals surface area contributed by atoms with Crippen molar-refractivity contribution in [3.8, 4) is 0 Å². The second-order valence-electron chi connectivity index (χ2n) is 4.35. The van der Waals surface area contributed by atoms with Crippen molar-refractivity contribution in [2.75, 3.05) is 25.5 Å². The van der Waals surface area contributed by atoms with Crippen LogP contribution in [-0.2, 0) is 4.74 Å². The molecule has 0 aromatic carbocycles. The summed E-state index contributed by atoms with van der Waals surface area (Å²) in [4.78, 5) is 4.49. The molecule has 0 aliphatic carbocycles. The van der Waals surface area contributed by atoms with Crippen LogP contribution in [0.15, 0.2) is 9.72 Å². The Morgan fingerprint density at radius 3 is 3.18 bits per heavy atom. The van der Waals surface area contributed by atoms with E-state index in [-0.39, 0.29) is 0 Å². The summed E-state index contributed by atoms with van der Waals surface area (Å²) in [5.74, 6) is 1.76. The highest BCUT2D eigenvalue weighted by Crippen LogP contribution is 2.26. The van der Waals surface area contributed by atoms with Gasteiger partial charge in [0.15, 0.2) is 0 Å². The van der Waals surface area contributed by atoms with Crippen LogP contribution in [0.25, 0.3) is 0 Å². The first-order valence-electron chi connectivity index (χ1n) is 6.15. The lowest BCUT2D eigenvalue weighted by atomic mass is 10.0. The Labute approximate surface area is 111 Å². The molecule has 0 radical (unpaired) electrons. The average Bonchev–Trinajstić information content (AvgIpc) is 2.95. The van der Waals surface area contributed by atoms with Gasteiger partial charge in [-0.2, -0.15) is 0 Å². The largest absolute Gasteiger partial charge is 0.381 e. The molecule has 0 saturated carbocycles. The lowest BCUT2D eigenvalue weighted by molar-refractivity contribution is 0.179. The lowest BCUT2D eigenvalue weighted by Crippen LogP contribution is -2.38. The van der Waals surface area contributed by atoms with Gasteiger partial charge in [-0.1, -0.05) is 18.7 Å². The van der Waals surface area contributed by atoms with Gasteiger partial charge >= 0.3 is 0 Å². The van der Waals surface area contributed by atoms with Gasteiger partial charge in [0.1, 0.15) is 4.34 Å². The molecule has 96 valence electrons. The zero-order valence-electron chi connectivity index (χ0n) is 10.4. The van der Waals surface area contributed by atoms with Crippen LogP contribution in [-0.4, -0.2) is 36.5 Å². The number of nitrogens with zero attached hydrogens (tertiary/aromatic N) is 1. The first-order chi connectivity index (χ1) is 8.29. The molecule has 1 aliphatic heterocycles. The molecule has 0 spiro atoms. The van der Waals surface area contributed by atoms with Gasteiger partial charge in [0.25, 0.3) is 0 Å². The van der Waals surface area contributed by atoms with E-state index < -0.39 is 0 Å². The molecule has 2 heterocycles. The molecule has 1 aliphatic rings. The minimum Gasteiger partial charge on any atom is -0.381 e. The predicted molar refractivity (Wildman–Crippen MR) is 74.0 cm³/mol. The van der Waals surface area contributed by atoms with Crippen molar-refractivity contribution >= 4 is 23.1 Å². The number of nitrogens with one attached hydrogen (secondary N) is 1. The highest BCUT2D eigenvalue weighted by Gasteiger charge is 2.25. The van der Waals surface area contributed by atoms with E-state index in [0.717, 1.165) is 31.2 Å². The van der Waals surface area contributed by atoms with Crippen LogP contribution >= 0.6 is 23.1 Å². The molecular formula is C12H20N2OS2. The summed E-state index contributed by atoms with van der Waals surface area (Å²) in [5, 5.41) is 5.69. The Bertz CT molecular complexity index is 337. The number of aryl methyl sites for hydroxylation is 1. The lowest BCUT2D eigenvalue weighted by Gasteiger charge is -2.22. The van der Waals surface area contributed by atoms with E-state index in [1.807, 2.05) is 18.7 Å². The van der Waals surface area contributed by atoms with E-state index >= 15 is 0 Å². The third-order valence-corrected chi connectivity index (χ3v) is 5.24. The monoisotopic (exact) mass is 272 g/mol. The van der Waals surface area contributed by atoms with Gasteiger partial charge in [-0.15, -0.1) is 11.3 Å². The summed E-state index contributed by atoms with van der Waals surface area (Å²) in [6, 6.07) is 0.553. The van der Waals surface area contributed by atoms with Gasteiger partial charge < -0.3 is 10.1 Å². The molecule has 2 rings (SSSR count).